The molecule has 0 bridgehead atoms. The van der Waals surface area contributed by atoms with Gasteiger partial charge in [0.1, 0.15) is 0 Å². The van der Waals surface area contributed by atoms with Gasteiger partial charge in [0.15, 0.2) is 0 Å². The Hall–Kier alpha value is 0.419. The zero-order chi connectivity index (χ0) is 11.0. The topological polar surface area (TPSA) is 69.2 Å². The Labute approximate surface area is 89.2 Å². The quantitative estimate of drug-likeness (QED) is 0.432. The minimum atomic E-state index is 0.750. The van der Waals surface area contributed by atoms with Crippen LogP contribution in [0, 0.1) is 0 Å². The number of rotatable bonds is 1. The third-order valence-corrected chi connectivity index (χ3v) is 1.09. The predicted molar refractivity (Wildman–Crippen MR) is 47.8 cm³/mol. The molecule has 72 valence electrons. The molecule has 3 nitrogen and oxygen atoms in total. The molecule has 0 unspecified atom stereocenters. The fourth-order valence-electron chi connectivity index (χ4n) is 0.204. The van der Waals surface area contributed by atoms with Crippen LogP contribution < -0.4 is 15.3 Å². The van der Waals surface area contributed by atoms with E-state index in [2.05, 4.69) is 19.9 Å². The van der Waals surface area contributed by atoms with Crippen molar-refractivity contribution < 1.29 is 15.3 Å². The average molecular weight is 281 g/mol. The first-order chi connectivity index (χ1) is 5.77. The van der Waals surface area contributed by atoms with Gasteiger partial charge in [0, 0.05) is 0 Å². The maximum Gasteiger partial charge on any atom is -0.153 e. The summed E-state index contributed by atoms with van der Waals surface area (Å²) in [6.07, 6.45) is 2.25. The molecule has 4 heteroatoms. The summed E-state index contributed by atoms with van der Waals surface area (Å²) >= 11 is 1.60. The summed E-state index contributed by atoms with van der Waals surface area (Å²) in [7, 11) is 2.25. The van der Waals surface area contributed by atoms with Crippen LogP contribution in [0.4, 0.5) is 0 Å². The molecule has 0 saturated heterocycles. The van der Waals surface area contributed by atoms with E-state index in [0.29, 0.717) is 0 Å². The molecule has 12 heavy (non-hydrogen) atoms. The van der Waals surface area contributed by atoms with Crippen molar-refractivity contribution in [1.82, 2.24) is 0 Å². The van der Waals surface area contributed by atoms with Gasteiger partial charge < -0.3 is 15.3 Å². The second-order valence-electron chi connectivity index (χ2n) is 1.49. The Bertz CT molecular complexity index is 61.3. The molecule has 0 aliphatic heterocycles. The van der Waals surface area contributed by atoms with E-state index in [1.54, 1.807) is 22.5 Å². The summed E-state index contributed by atoms with van der Waals surface area (Å²) < 4.78 is 1.26. The number of allylic oxidation sites excluding steroid dienone is 2. The summed E-state index contributed by atoms with van der Waals surface area (Å²) in [5.74, 6) is 0. The van der Waals surface area contributed by atoms with Crippen LogP contribution in [0.25, 0.3) is 0 Å². The first-order valence-corrected chi connectivity index (χ1v) is 5.29. The van der Waals surface area contributed by atoms with Crippen LogP contribution in [0.1, 0.15) is 13.8 Å². The zero-order valence-corrected chi connectivity index (χ0v) is 11.4. The normalized spacial score (nSPS) is 5.50. The molecule has 0 saturated carbocycles. The van der Waals surface area contributed by atoms with Gasteiger partial charge in [-0.25, -0.2) is 0 Å². The fourth-order valence-corrected chi connectivity index (χ4v) is 1.37. The van der Waals surface area contributed by atoms with Crippen LogP contribution in [0.15, 0.2) is 11.6 Å². The van der Waals surface area contributed by atoms with E-state index in [9.17, 15) is 0 Å². The maximum absolute atomic E-state index is 8.25. The van der Waals surface area contributed by atoms with Crippen molar-refractivity contribution in [1.29, 1.82) is 0 Å². The smallest absolute Gasteiger partial charge is 0.153 e. The van der Waals surface area contributed by atoms with Gasteiger partial charge in [-0.2, -0.15) is 21.3 Å². The third kappa shape index (κ3) is 79.1. The van der Waals surface area contributed by atoms with Crippen LogP contribution in [0.5, 0.6) is 0 Å². The van der Waals surface area contributed by atoms with Crippen molar-refractivity contribution in [3.63, 3.8) is 0 Å². The molecular weight excluding hydrogens is 263 g/mol. The Balaban J connectivity index is -0.0000000453. The van der Waals surface area contributed by atoms with Crippen LogP contribution in [0.3, 0.4) is 0 Å². The standard InChI is InChI=1S/C5H9.3CH3O.Sn/c1-4-5(2)3;3*1-2;/h4H,1H2,2-3H3;3*1H3;/q;3*-1;+3. The largest absolute Gasteiger partial charge is 0.857 e. The summed E-state index contributed by atoms with van der Waals surface area (Å²) in [6.45, 7) is 4.26. The second kappa shape index (κ2) is 42.2. The molecule has 0 N–H and O–H groups in total. The Kier molecular flexibility index (Phi) is 80.4. The van der Waals surface area contributed by atoms with Crippen molar-refractivity contribution in [2.45, 2.75) is 18.3 Å². The van der Waals surface area contributed by atoms with Crippen LogP contribution in [-0.4, -0.2) is 43.9 Å². The maximum atomic E-state index is 8.25. The molecule has 0 rings (SSSR count). The van der Waals surface area contributed by atoms with Crippen molar-refractivity contribution in [2.75, 3.05) is 21.3 Å². The van der Waals surface area contributed by atoms with Gasteiger partial charge in [-0.3, -0.25) is 0 Å². The van der Waals surface area contributed by atoms with Crippen molar-refractivity contribution >= 4 is 22.5 Å². The average Bonchev–Trinajstić information content (AvgIpc) is 2.14. The van der Waals surface area contributed by atoms with Gasteiger partial charge in [-0.1, -0.05) is 0 Å². The van der Waals surface area contributed by atoms with Crippen molar-refractivity contribution in [3.05, 3.63) is 11.6 Å². The van der Waals surface area contributed by atoms with E-state index in [1.807, 2.05) is 0 Å². The van der Waals surface area contributed by atoms with Gasteiger partial charge >= 0.3 is 52.5 Å². The van der Waals surface area contributed by atoms with E-state index in [0.717, 1.165) is 21.3 Å². The number of hydrogen-bond donors (Lipinski definition) is 0. The van der Waals surface area contributed by atoms with Crippen LogP contribution >= 0.6 is 0 Å². The van der Waals surface area contributed by atoms with E-state index >= 15 is 0 Å². The molecule has 0 amide bonds. The molecule has 0 aromatic heterocycles. The molecule has 0 aromatic carbocycles. The first kappa shape index (κ1) is 22.8. The molecular formula is C8H18O3Sn. The Morgan fingerprint density at radius 3 is 1.25 bits per heavy atom. The minimum Gasteiger partial charge on any atom is -0.857 e. The summed E-state index contributed by atoms with van der Waals surface area (Å²) in [4.78, 5) is 0. The molecule has 0 atom stereocenters. The molecule has 0 radical (unpaired) electrons. The van der Waals surface area contributed by atoms with Crippen LogP contribution in [0.2, 0.25) is 4.44 Å². The summed E-state index contributed by atoms with van der Waals surface area (Å²) in [6, 6.07) is 0. The molecule has 0 heterocycles. The molecule has 0 fully saturated rings. The minimum absolute atomic E-state index is 0.750. The van der Waals surface area contributed by atoms with E-state index in [4.69, 9.17) is 15.3 Å². The third-order valence-electron chi connectivity index (χ3n) is 0.510. The second-order valence-corrected chi connectivity index (χ2v) is 2.65. The van der Waals surface area contributed by atoms with E-state index < -0.39 is 0 Å². The van der Waals surface area contributed by atoms with Gasteiger partial charge in [0.05, 0.1) is 0 Å². The predicted octanol–water partition coefficient (Wildman–Crippen LogP) is -1.53. The van der Waals surface area contributed by atoms with E-state index in [1.165, 1.54) is 10.0 Å². The SMILES string of the molecule is CC(C)=C[CH2][Sn+3].C[O-].C[O-].C[O-]. The molecule has 0 spiro atoms. The zero-order valence-electron chi connectivity index (χ0n) is 8.51. The Morgan fingerprint density at radius 2 is 1.25 bits per heavy atom. The Morgan fingerprint density at radius 1 is 1.00 bits per heavy atom. The molecule has 0 aliphatic rings. The van der Waals surface area contributed by atoms with Gasteiger partial charge in [-0.05, 0) is 0 Å². The van der Waals surface area contributed by atoms with Crippen LogP contribution in [-0.2, 0) is 0 Å². The van der Waals surface area contributed by atoms with Crippen molar-refractivity contribution in [3.8, 4) is 0 Å². The molecule has 0 aliphatic carbocycles. The monoisotopic (exact) mass is 282 g/mol. The number of hydrogen-bond acceptors (Lipinski definition) is 3. The van der Waals surface area contributed by atoms with Crippen molar-refractivity contribution in [2.24, 2.45) is 0 Å². The van der Waals surface area contributed by atoms with Gasteiger partial charge in [-0.15, -0.1) is 0 Å². The fraction of sp³-hybridized carbons (Fsp3) is 0.750. The van der Waals surface area contributed by atoms with E-state index in [-0.39, 0.29) is 0 Å². The van der Waals surface area contributed by atoms with Gasteiger partial charge in [0.25, 0.3) is 0 Å². The summed E-state index contributed by atoms with van der Waals surface area (Å²) in [5, 5.41) is 24.8. The summed E-state index contributed by atoms with van der Waals surface area (Å²) in [5.41, 5.74) is 1.44. The molecule has 0 aromatic rings. The van der Waals surface area contributed by atoms with Gasteiger partial charge in [0.2, 0.25) is 0 Å². The first-order valence-electron chi connectivity index (χ1n) is 3.28.